The van der Waals surface area contributed by atoms with Gasteiger partial charge in [-0.05, 0) is 25.0 Å². The summed E-state index contributed by atoms with van der Waals surface area (Å²) in [6.45, 7) is 7.90. The fourth-order valence-electron chi connectivity index (χ4n) is 2.15. The van der Waals surface area contributed by atoms with Gasteiger partial charge in [-0.3, -0.25) is 4.99 Å². The number of guanidine groups is 1. The predicted octanol–water partition coefficient (Wildman–Crippen LogP) is 3.11. The molecule has 24 heavy (non-hydrogen) atoms. The van der Waals surface area contributed by atoms with Gasteiger partial charge in [0.05, 0.1) is 6.54 Å². The number of thiophene rings is 1. The zero-order valence-electron chi connectivity index (χ0n) is 14.9. The molecular formula is C17H27N5OS. The van der Waals surface area contributed by atoms with Gasteiger partial charge in [0.1, 0.15) is 0 Å². The van der Waals surface area contributed by atoms with E-state index >= 15 is 0 Å². The van der Waals surface area contributed by atoms with Gasteiger partial charge in [-0.2, -0.15) is 4.98 Å². The highest BCUT2D eigenvalue weighted by molar-refractivity contribution is 7.11. The standard InChI is InChI=1S/C17H27N5OS/c1-5-13-8-9-14(24-13)11-20-17(18-4)19-10-6-7-15-21-16(12(2)3)22-23-15/h8-9,12H,5-7,10-11H2,1-4H3,(H2,18,19,20). The van der Waals surface area contributed by atoms with E-state index in [4.69, 9.17) is 4.52 Å². The molecule has 2 aromatic heterocycles. The third-order valence-corrected chi connectivity index (χ3v) is 4.81. The molecule has 0 spiro atoms. The molecule has 0 aliphatic heterocycles. The van der Waals surface area contributed by atoms with Gasteiger partial charge in [0.15, 0.2) is 11.8 Å². The molecule has 0 radical (unpaired) electrons. The molecule has 2 N–H and O–H groups in total. The van der Waals surface area contributed by atoms with Crippen molar-refractivity contribution in [1.82, 2.24) is 20.8 Å². The Morgan fingerprint density at radius 3 is 2.71 bits per heavy atom. The van der Waals surface area contributed by atoms with Gasteiger partial charge in [0.25, 0.3) is 0 Å². The summed E-state index contributed by atoms with van der Waals surface area (Å²) in [7, 11) is 1.79. The van der Waals surface area contributed by atoms with Gasteiger partial charge in [0, 0.05) is 35.7 Å². The van der Waals surface area contributed by atoms with E-state index < -0.39 is 0 Å². The first-order valence-electron chi connectivity index (χ1n) is 8.47. The van der Waals surface area contributed by atoms with E-state index in [1.54, 1.807) is 7.05 Å². The second-order valence-corrected chi connectivity index (χ2v) is 7.13. The van der Waals surface area contributed by atoms with Crippen molar-refractivity contribution in [1.29, 1.82) is 0 Å². The molecule has 0 atom stereocenters. The van der Waals surface area contributed by atoms with Crippen LogP contribution in [0.15, 0.2) is 21.6 Å². The van der Waals surface area contributed by atoms with Crippen molar-refractivity contribution in [2.24, 2.45) is 4.99 Å². The van der Waals surface area contributed by atoms with Gasteiger partial charge in [-0.15, -0.1) is 11.3 Å². The first-order valence-corrected chi connectivity index (χ1v) is 9.28. The molecular weight excluding hydrogens is 322 g/mol. The summed E-state index contributed by atoms with van der Waals surface area (Å²) < 4.78 is 5.24. The number of hydrogen-bond acceptors (Lipinski definition) is 5. The maximum absolute atomic E-state index is 5.24. The summed E-state index contributed by atoms with van der Waals surface area (Å²) >= 11 is 1.84. The van der Waals surface area contributed by atoms with E-state index in [9.17, 15) is 0 Å². The van der Waals surface area contributed by atoms with Crippen LogP contribution in [0, 0.1) is 0 Å². The summed E-state index contributed by atoms with van der Waals surface area (Å²) in [5.74, 6) is 2.59. The van der Waals surface area contributed by atoms with E-state index in [1.165, 1.54) is 9.75 Å². The third-order valence-electron chi connectivity index (χ3n) is 3.58. The average molecular weight is 350 g/mol. The van der Waals surface area contributed by atoms with Crippen LogP contribution in [-0.2, 0) is 19.4 Å². The fourth-order valence-corrected chi connectivity index (χ4v) is 3.05. The van der Waals surface area contributed by atoms with Crippen molar-refractivity contribution in [2.45, 2.75) is 52.5 Å². The minimum absolute atomic E-state index is 0.300. The molecule has 2 rings (SSSR count). The summed E-state index contributed by atoms with van der Waals surface area (Å²) in [6, 6.07) is 4.36. The van der Waals surface area contributed by atoms with Crippen molar-refractivity contribution in [3.63, 3.8) is 0 Å². The Kier molecular flexibility index (Phi) is 7.24. The van der Waals surface area contributed by atoms with E-state index in [1.807, 2.05) is 11.3 Å². The fraction of sp³-hybridized carbons (Fsp3) is 0.588. The van der Waals surface area contributed by atoms with E-state index in [0.717, 1.165) is 44.1 Å². The molecule has 0 bridgehead atoms. The Morgan fingerprint density at radius 2 is 2.08 bits per heavy atom. The van der Waals surface area contributed by atoms with Gasteiger partial charge >= 0.3 is 0 Å². The first-order chi connectivity index (χ1) is 11.6. The van der Waals surface area contributed by atoms with Crippen molar-refractivity contribution < 1.29 is 4.52 Å². The Bertz CT molecular complexity index is 647. The Hall–Kier alpha value is -1.89. The molecule has 2 heterocycles. The summed E-state index contributed by atoms with van der Waals surface area (Å²) in [6.07, 6.45) is 2.78. The maximum atomic E-state index is 5.24. The number of aliphatic imine (C=N–C) groups is 1. The van der Waals surface area contributed by atoms with Crippen LogP contribution in [0.2, 0.25) is 0 Å². The van der Waals surface area contributed by atoms with Crippen LogP contribution < -0.4 is 10.6 Å². The number of aryl methyl sites for hydroxylation is 2. The Balaban J connectivity index is 1.67. The number of nitrogens with zero attached hydrogens (tertiary/aromatic N) is 3. The van der Waals surface area contributed by atoms with Crippen LogP contribution in [0.5, 0.6) is 0 Å². The monoisotopic (exact) mass is 349 g/mol. The van der Waals surface area contributed by atoms with Crippen molar-refractivity contribution >= 4 is 17.3 Å². The number of rotatable bonds is 8. The molecule has 0 fully saturated rings. The molecule has 0 aliphatic carbocycles. The van der Waals surface area contributed by atoms with Crippen molar-refractivity contribution in [2.75, 3.05) is 13.6 Å². The Labute approximate surface area is 147 Å². The lowest BCUT2D eigenvalue weighted by molar-refractivity contribution is 0.368. The van der Waals surface area contributed by atoms with Crippen LogP contribution >= 0.6 is 11.3 Å². The van der Waals surface area contributed by atoms with E-state index in [-0.39, 0.29) is 0 Å². The lowest BCUT2D eigenvalue weighted by atomic mass is 10.2. The van der Waals surface area contributed by atoms with Crippen LogP contribution in [0.4, 0.5) is 0 Å². The molecule has 0 aromatic carbocycles. The molecule has 0 aliphatic rings. The van der Waals surface area contributed by atoms with Crippen LogP contribution in [0.3, 0.4) is 0 Å². The predicted molar refractivity (Wildman–Crippen MR) is 98.6 cm³/mol. The largest absolute Gasteiger partial charge is 0.356 e. The second-order valence-electron chi connectivity index (χ2n) is 5.88. The summed E-state index contributed by atoms with van der Waals surface area (Å²) in [5, 5.41) is 10.6. The van der Waals surface area contributed by atoms with Crippen LogP contribution in [-0.4, -0.2) is 29.7 Å². The van der Waals surface area contributed by atoms with Crippen LogP contribution in [0.25, 0.3) is 0 Å². The molecule has 6 nitrogen and oxygen atoms in total. The normalized spacial score (nSPS) is 12.0. The first kappa shape index (κ1) is 18.4. The molecule has 0 saturated carbocycles. The number of nitrogens with one attached hydrogen (secondary N) is 2. The number of aromatic nitrogens is 2. The molecule has 7 heteroatoms. The highest BCUT2D eigenvalue weighted by atomic mass is 32.1. The SMILES string of the molecule is CCc1ccc(CNC(=NC)NCCCc2nc(C(C)C)no2)s1. The zero-order valence-corrected chi connectivity index (χ0v) is 15.7. The van der Waals surface area contributed by atoms with Gasteiger partial charge < -0.3 is 15.2 Å². The van der Waals surface area contributed by atoms with Gasteiger partial charge in [-0.1, -0.05) is 25.9 Å². The van der Waals surface area contributed by atoms with Crippen molar-refractivity contribution in [3.05, 3.63) is 33.6 Å². The quantitative estimate of drug-likeness (QED) is 0.435. The second kappa shape index (κ2) is 9.42. The molecule has 0 amide bonds. The third kappa shape index (κ3) is 5.63. The maximum Gasteiger partial charge on any atom is 0.226 e. The van der Waals surface area contributed by atoms with E-state index in [0.29, 0.717) is 11.8 Å². The average Bonchev–Trinajstić information content (AvgIpc) is 3.23. The molecule has 0 unspecified atom stereocenters. The topological polar surface area (TPSA) is 75.3 Å². The Morgan fingerprint density at radius 1 is 1.29 bits per heavy atom. The zero-order chi connectivity index (χ0) is 17.4. The molecule has 0 saturated heterocycles. The highest BCUT2D eigenvalue weighted by Crippen LogP contribution is 2.16. The number of hydrogen-bond donors (Lipinski definition) is 2. The molecule has 132 valence electrons. The van der Waals surface area contributed by atoms with Crippen molar-refractivity contribution in [3.8, 4) is 0 Å². The lowest BCUT2D eigenvalue weighted by Gasteiger charge is -2.10. The minimum Gasteiger partial charge on any atom is -0.356 e. The summed E-state index contributed by atoms with van der Waals surface area (Å²) in [4.78, 5) is 11.4. The van der Waals surface area contributed by atoms with Crippen LogP contribution in [0.1, 0.15) is 54.6 Å². The summed E-state index contributed by atoms with van der Waals surface area (Å²) in [5.41, 5.74) is 0. The van der Waals surface area contributed by atoms with E-state index in [2.05, 4.69) is 58.7 Å². The smallest absolute Gasteiger partial charge is 0.226 e. The minimum atomic E-state index is 0.300. The highest BCUT2D eigenvalue weighted by Gasteiger charge is 2.09. The molecule has 2 aromatic rings. The van der Waals surface area contributed by atoms with Gasteiger partial charge in [0.2, 0.25) is 5.89 Å². The van der Waals surface area contributed by atoms with Gasteiger partial charge in [-0.25, -0.2) is 0 Å². The lowest BCUT2D eigenvalue weighted by Crippen LogP contribution is -2.37.